The van der Waals surface area contributed by atoms with Gasteiger partial charge in [-0.1, -0.05) is 59.6 Å². The summed E-state index contributed by atoms with van der Waals surface area (Å²) in [5, 5.41) is 0.872. The minimum absolute atomic E-state index is 0.0459. The van der Waals surface area contributed by atoms with Crippen molar-refractivity contribution in [3.05, 3.63) is 69.7 Å². The lowest BCUT2D eigenvalue weighted by atomic mass is 10.0. The van der Waals surface area contributed by atoms with Gasteiger partial charge in [0.2, 0.25) is 5.91 Å². The molecule has 168 valence electrons. The number of hydrogen-bond acceptors (Lipinski definition) is 5. The van der Waals surface area contributed by atoms with Gasteiger partial charge in [0.05, 0.1) is 34.9 Å². The molecule has 0 aromatic heterocycles. The summed E-state index contributed by atoms with van der Waals surface area (Å²) in [7, 11) is -1.70. The van der Waals surface area contributed by atoms with Crippen LogP contribution in [0.4, 0.5) is 0 Å². The summed E-state index contributed by atoms with van der Waals surface area (Å²) in [5.74, 6) is -0.0459. The summed E-state index contributed by atoms with van der Waals surface area (Å²) in [6, 6.07) is 14.8. The topological polar surface area (TPSA) is 66.9 Å². The van der Waals surface area contributed by atoms with Crippen LogP contribution in [0.5, 0.6) is 0 Å². The molecule has 1 fully saturated rings. The van der Waals surface area contributed by atoms with Crippen LogP contribution in [0.25, 0.3) is 0 Å². The van der Waals surface area contributed by atoms with Crippen LogP contribution >= 0.6 is 23.2 Å². The van der Waals surface area contributed by atoms with Gasteiger partial charge in [0.1, 0.15) is 0 Å². The van der Waals surface area contributed by atoms with E-state index in [-0.39, 0.29) is 24.5 Å². The maximum Gasteiger partial charge on any atom is 0.264 e. The van der Waals surface area contributed by atoms with Gasteiger partial charge in [0.15, 0.2) is 0 Å². The maximum absolute atomic E-state index is 13.1. The number of halogens is 2. The van der Waals surface area contributed by atoms with Crippen molar-refractivity contribution in [1.82, 2.24) is 9.80 Å². The molecule has 0 radical (unpaired) electrons. The fraction of sp³-hybridized carbons (Fsp3) is 0.409. The fourth-order valence-corrected chi connectivity index (χ4v) is 4.75. The van der Waals surface area contributed by atoms with Crippen molar-refractivity contribution in [2.75, 3.05) is 32.9 Å². The van der Waals surface area contributed by atoms with Gasteiger partial charge >= 0.3 is 0 Å². The van der Waals surface area contributed by atoms with Gasteiger partial charge in [-0.05, 0) is 29.7 Å². The molecular weight excluding hydrogens is 459 g/mol. The SMILES string of the molecule is CN(C(=O)Cc1ccc(Cl)c(Cl)c1)C(CN1CCC(OS(C)(=O)=O)C1)c1ccccc1. The van der Waals surface area contributed by atoms with E-state index in [1.807, 2.05) is 30.3 Å². The predicted octanol–water partition coefficient (Wildman–Crippen LogP) is 3.79. The Morgan fingerprint density at radius 2 is 1.90 bits per heavy atom. The second kappa shape index (κ2) is 10.3. The molecule has 0 N–H and O–H groups in total. The van der Waals surface area contributed by atoms with Crippen molar-refractivity contribution in [2.45, 2.75) is 25.0 Å². The van der Waals surface area contributed by atoms with Crippen molar-refractivity contribution in [3.63, 3.8) is 0 Å². The van der Waals surface area contributed by atoms with Crippen molar-refractivity contribution in [3.8, 4) is 0 Å². The molecule has 1 heterocycles. The van der Waals surface area contributed by atoms with Crippen LogP contribution in [0.2, 0.25) is 10.0 Å². The first-order valence-electron chi connectivity index (χ1n) is 9.97. The highest BCUT2D eigenvalue weighted by Gasteiger charge is 2.30. The molecular formula is C22H26Cl2N2O4S. The molecule has 1 saturated heterocycles. The van der Waals surface area contributed by atoms with Crippen molar-refractivity contribution >= 4 is 39.2 Å². The highest BCUT2D eigenvalue weighted by molar-refractivity contribution is 7.86. The number of hydrogen-bond donors (Lipinski definition) is 0. The molecule has 6 nitrogen and oxygen atoms in total. The van der Waals surface area contributed by atoms with Crippen LogP contribution in [-0.2, 0) is 25.5 Å². The molecule has 0 bridgehead atoms. The lowest BCUT2D eigenvalue weighted by molar-refractivity contribution is -0.131. The van der Waals surface area contributed by atoms with Gasteiger partial charge in [-0.25, -0.2) is 0 Å². The zero-order valence-electron chi connectivity index (χ0n) is 17.5. The van der Waals surface area contributed by atoms with Crippen LogP contribution in [0.3, 0.4) is 0 Å². The van der Waals surface area contributed by atoms with E-state index < -0.39 is 10.1 Å². The van der Waals surface area contributed by atoms with Crippen LogP contribution in [-0.4, -0.2) is 63.2 Å². The summed E-state index contributed by atoms with van der Waals surface area (Å²) in [4.78, 5) is 17.0. The summed E-state index contributed by atoms with van der Waals surface area (Å²) in [6.45, 7) is 1.79. The number of rotatable bonds is 8. The number of likely N-dealkylation sites (tertiary alicyclic amines) is 1. The number of benzene rings is 2. The van der Waals surface area contributed by atoms with Crippen LogP contribution in [0.15, 0.2) is 48.5 Å². The van der Waals surface area contributed by atoms with E-state index in [4.69, 9.17) is 27.4 Å². The molecule has 1 aliphatic heterocycles. The number of carbonyl (C=O) groups is 1. The average Bonchev–Trinajstić information content (AvgIpc) is 3.14. The molecule has 0 spiro atoms. The minimum atomic E-state index is -3.49. The number of nitrogens with zero attached hydrogens (tertiary/aromatic N) is 2. The summed E-state index contributed by atoms with van der Waals surface area (Å²) in [5.41, 5.74) is 1.81. The third-order valence-electron chi connectivity index (χ3n) is 5.36. The standard InChI is InChI=1S/C22H26Cl2N2O4S/c1-25(22(27)13-16-8-9-19(23)20(24)12-16)21(17-6-4-3-5-7-17)15-26-11-10-18(14-26)30-31(2,28)29/h3-9,12,18,21H,10-11,13-15H2,1-2H3. The Bertz CT molecular complexity index is 1020. The second-order valence-corrected chi connectivity index (χ2v) is 10.2. The third kappa shape index (κ3) is 6.92. The molecule has 0 saturated carbocycles. The monoisotopic (exact) mass is 484 g/mol. The summed E-state index contributed by atoms with van der Waals surface area (Å²) in [6.07, 6.45) is 1.55. The normalized spacial score (nSPS) is 18.1. The van der Waals surface area contributed by atoms with E-state index in [1.165, 1.54) is 0 Å². The Labute approximate surface area is 193 Å². The molecule has 1 aliphatic rings. The van der Waals surface area contributed by atoms with Gasteiger partial charge in [0, 0.05) is 26.7 Å². The molecule has 2 aromatic carbocycles. The zero-order valence-corrected chi connectivity index (χ0v) is 19.8. The Hall–Kier alpha value is -1.64. The first-order chi connectivity index (χ1) is 14.6. The Kier molecular flexibility index (Phi) is 7.99. The fourth-order valence-electron chi connectivity index (χ4n) is 3.78. The largest absolute Gasteiger partial charge is 0.337 e. The molecule has 3 rings (SSSR count). The van der Waals surface area contributed by atoms with Crippen LogP contribution in [0.1, 0.15) is 23.6 Å². The number of carbonyl (C=O) groups excluding carboxylic acids is 1. The van der Waals surface area contributed by atoms with Crippen LogP contribution in [0, 0.1) is 0 Å². The third-order valence-corrected chi connectivity index (χ3v) is 6.72. The van der Waals surface area contributed by atoms with E-state index in [2.05, 4.69) is 4.90 Å². The number of amides is 1. The Morgan fingerprint density at radius 3 is 2.55 bits per heavy atom. The quantitative estimate of drug-likeness (QED) is 0.533. The highest BCUT2D eigenvalue weighted by Crippen LogP contribution is 2.26. The predicted molar refractivity (Wildman–Crippen MR) is 123 cm³/mol. The highest BCUT2D eigenvalue weighted by atomic mass is 35.5. The van der Waals surface area contributed by atoms with Crippen molar-refractivity contribution in [2.24, 2.45) is 0 Å². The van der Waals surface area contributed by atoms with Crippen molar-refractivity contribution < 1.29 is 17.4 Å². The molecule has 31 heavy (non-hydrogen) atoms. The molecule has 9 heteroatoms. The van der Waals surface area contributed by atoms with E-state index in [0.29, 0.717) is 36.1 Å². The van der Waals surface area contributed by atoms with Gasteiger partial charge in [-0.3, -0.25) is 13.9 Å². The maximum atomic E-state index is 13.1. The van der Waals surface area contributed by atoms with Gasteiger partial charge in [-0.15, -0.1) is 0 Å². The molecule has 2 unspecified atom stereocenters. The van der Waals surface area contributed by atoms with E-state index in [1.54, 1.807) is 30.1 Å². The molecule has 0 aliphatic carbocycles. The smallest absolute Gasteiger partial charge is 0.264 e. The van der Waals surface area contributed by atoms with Gasteiger partial charge in [0.25, 0.3) is 10.1 Å². The molecule has 2 aromatic rings. The molecule has 1 amide bonds. The number of likely N-dealkylation sites (N-methyl/N-ethyl adjacent to an activating group) is 1. The second-order valence-electron chi connectivity index (χ2n) is 7.83. The first-order valence-corrected chi connectivity index (χ1v) is 12.5. The van der Waals surface area contributed by atoms with E-state index >= 15 is 0 Å². The minimum Gasteiger partial charge on any atom is -0.337 e. The van der Waals surface area contributed by atoms with Crippen molar-refractivity contribution in [1.29, 1.82) is 0 Å². The van der Waals surface area contributed by atoms with E-state index in [9.17, 15) is 13.2 Å². The lowest BCUT2D eigenvalue weighted by Gasteiger charge is -2.32. The Morgan fingerprint density at radius 1 is 1.19 bits per heavy atom. The van der Waals surface area contributed by atoms with Gasteiger partial charge in [-0.2, -0.15) is 8.42 Å². The summed E-state index contributed by atoms with van der Waals surface area (Å²) >= 11 is 12.1. The first kappa shape index (κ1) is 24.0. The van der Waals surface area contributed by atoms with Gasteiger partial charge < -0.3 is 4.90 Å². The Balaban J connectivity index is 1.73. The molecule has 2 atom stereocenters. The summed E-state index contributed by atoms with van der Waals surface area (Å²) < 4.78 is 28.0. The average molecular weight is 485 g/mol. The van der Waals surface area contributed by atoms with Crippen LogP contribution < -0.4 is 0 Å². The lowest BCUT2D eigenvalue weighted by Crippen LogP contribution is -2.39. The zero-order chi connectivity index (χ0) is 22.6. The van der Waals surface area contributed by atoms with E-state index in [0.717, 1.165) is 17.4 Å².